The van der Waals surface area contributed by atoms with Crippen molar-refractivity contribution in [1.82, 2.24) is 0 Å². The summed E-state index contributed by atoms with van der Waals surface area (Å²) >= 11 is 0. The summed E-state index contributed by atoms with van der Waals surface area (Å²) < 4.78 is 0. The quantitative estimate of drug-likeness (QED) is 0.449. The lowest BCUT2D eigenvalue weighted by Crippen LogP contribution is -2.99. The van der Waals surface area contributed by atoms with Crippen LogP contribution in [0.25, 0.3) is 11.6 Å². The zero-order valence-corrected chi connectivity index (χ0v) is 10.5. The number of carbonyl (C=O) groups is 1. The standard InChI is InChI=1S/C15H13NO4/c17-15(18)13(11-6-2-1-3-7-11)10-12-8-4-5-9-14(12)16(19)20/h1-10,16,19H,(H,17,18)/b13-10+. The minimum atomic E-state index is -1.10. The van der Waals surface area contributed by atoms with Gasteiger partial charge in [0.25, 0.3) is 0 Å². The maximum absolute atomic E-state index is 11.4. The Morgan fingerprint density at radius 2 is 1.65 bits per heavy atom. The van der Waals surface area contributed by atoms with E-state index < -0.39 is 11.2 Å². The second kappa shape index (κ2) is 6.12. The third kappa shape index (κ3) is 3.10. The second-order valence-electron chi connectivity index (χ2n) is 4.12. The molecule has 3 N–H and O–H groups in total. The Balaban J connectivity index is 2.53. The summed E-state index contributed by atoms with van der Waals surface area (Å²) in [6.07, 6.45) is 1.38. The van der Waals surface area contributed by atoms with Crippen molar-refractivity contribution in [3.8, 4) is 0 Å². The Hall–Kier alpha value is -2.47. The molecule has 2 aromatic carbocycles. The number of carboxylic acids is 1. The zero-order chi connectivity index (χ0) is 14.5. The van der Waals surface area contributed by atoms with Gasteiger partial charge in [0.1, 0.15) is 0 Å². The lowest BCUT2D eigenvalue weighted by atomic mass is 10.0. The molecule has 0 bridgehead atoms. The molecule has 0 heterocycles. The first-order chi connectivity index (χ1) is 9.59. The SMILES string of the molecule is O=C(O)/C(=C/c1ccccc1[NH+]([O-])O)c1ccccc1. The second-order valence-corrected chi connectivity index (χ2v) is 4.12. The molecule has 0 aliphatic carbocycles. The van der Waals surface area contributed by atoms with Crippen molar-refractivity contribution in [3.05, 3.63) is 70.9 Å². The van der Waals surface area contributed by atoms with E-state index in [0.717, 1.165) is 0 Å². The largest absolute Gasteiger partial charge is 0.595 e. The molecular formula is C15H13NO4. The van der Waals surface area contributed by atoms with Gasteiger partial charge in [-0.25, -0.2) is 10.0 Å². The van der Waals surface area contributed by atoms with Gasteiger partial charge in [-0.3, -0.25) is 0 Å². The number of hydrogen-bond donors (Lipinski definition) is 3. The van der Waals surface area contributed by atoms with Crippen molar-refractivity contribution in [2.45, 2.75) is 0 Å². The monoisotopic (exact) mass is 271 g/mol. The molecule has 0 aromatic heterocycles. The van der Waals surface area contributed by atoms with Gasteiger partial charge >= 0.3 is 5.97 Å². The van der Waals surface area contributed by atoms with Crippen molar-refractivity contribution in [2.75, 3.05) is 0 Å². The number of rotatable bonds is 4. The maximum atomic E-state index is 11.4. The fraction of sp³-hybridized carbons (Fsp3) is 0. The van der Waals surface area contributed by atoms with E-state index in [0.29, 0.717) is 11.1 Å². The van der Waals surface area contributed by atoms with Gasteiger partial charge in [0, 0.05) is 11.6 Å². The minimum absolute atomic E-state index is 0.0549. The first-order valence-electron chi connectivity index (χ1n) is 5.92. The van der Waals surface area contributed by atoms with Gasteiger partial charge in [0.2, 0.25) is 0 Å². The van der Waals surface area contributed by atoms with E-state index in [1.165, 1.54) is 12.1 Å². The van der Waals surface area contributed by atoms with Gasteiger partial charge in [-0.1, -0.05) is 42.5 Å². The smallest absolute Gasteiger partial charge is 0.336 e. The Morgan fingerprint density at radius 1 is 1.05 bits per heavy atom. The maximum Gasteiger partial charge on any atom is 0.336 e. The molecule has 0 saturated heterocycles. The lowest BCUT2D eigenvalue weighted by Gasteiger charge is -2.14. The predicted molar refractivity (Wildman–Crippen MR) is 74.2 cm³/mol. The van der Waals surface area contributed by atoms with E-state index in [2.05, 4.69) is 0 Å². The van der Waals surface area contributed by atoms with Crippen LogP contribution in [-0.2, 0) is 4.79 Å². The predicted octanol–water partition coefficient (Wildman–Crippen LogP) is 1.72. The van der Waals surface area contributed by atoms with Crippen LogP contribution in [0.3, 0.4) is 0 Å². The molecule has 0 radical (unpaired) electrons. The topological polar surface area (TPSA) is 85.0 Å². The summed E-state index contributed by atoms with van der Waals surface area (Å²) in [6.45, 7) is 0. The fourth-order valence-electron chi connectivity index (χ4n) is 1.86. The molecule has 0 aliphatic rings. The highest BCUT2D eigenvalue weighted by Gasteiger charge is 2.13. The Morgan fingerprint density at radius 3 is 2.25 bits per heavy atom. The van der Waals surface area contributed by atoms with Gasteiger partial charge in [-0.2, -0.15) is 5.23 Å². The van der Waals surface area contributed by atoms with E-state index in [1.54, 1.807) is 48.5 Å². The lowest BCUT2D eigenvalue weighted by molar-refractivity contribution is -0.991. The van der Waals surface area contributed by atoms with Crippen molar-refractivity contribution < 1.29 is 20.3 Å². The van der Waals surface area contributed by atoms with E-state index in [9.17, 15) is 15.1 Å². The Bertz CT molecular complexity index is 635. The molecule has 20 heavy (non-hydrogen) atoms. The Kier molecular flexibility index (Phi) is 4.27. The number of quaternary nitrogens is 1. The van der Waals surface area contributed by atoms with Crippen LogP contribution >= 0.6 is 0 Å². The van der Waals surface area contributed by atoms with Gasteiger partial charge in [-0.15, -0.1) is 0 Å². The molecule has 0 aliphatic heterocycles. The molecule has 2 rings (SSSR count). The van der Waals surface area contributed by atoms with Gasteiger partial charge in [-0.05, 0) is 17.7 Å². The molecule has 1 atom stereocenters. The number of carboxylic acid groups (broad SMARTS) is 1. The highest BCUT2D eigenvalue weighted by Crippen LogP contribution is 2.21. The third-order valence-corrected chi connectivity index (χ3v) is 2.81. The first-order valence-corrected chi connectivity index (χ1v) is 5.92. The molecule has 0 fully saturated rings. The molecule has 0 saturated carbocycles. The summed E-state index contributed by atoms with van der Waals surface area (Å²) in [5.41, 5.74) is 1.02. The van der Waals surface area contributed by atoms with Crippen LogP contribution in [0.1, 0.15) is 11.1 Å². The molecule has 1 unspecified atom stereocenters. The van der Waals surface area contributed by atoms with Crippen molar-refractivity contribution in [2.24, 2.45) is 0 Å². The fourth-order valence-corrected chi connectivity index (χ4v) is 1.86. The van der Waals surface area contributed by atoms with Crippen molar-refractivity contribution in [1.29, 1.82) is 0 Å². The molecule has 5 nitrogen and oxygen atoms in total. The zero-order valence-electron chi connectivity index (χ0n) is 10.5. The summed E-state index contributed by atoms with van der Waals surface area (Å²) in [5, 5.41) is 28.5. The van der Waals surface area contributed by atoms with E-state index in [-0.39, 0.29) is 11.3 Å². The van der Waals surface area contributed by atoms with Crippen LogP contribution in [0.5, 0.6) is 0 Å². The highest BCUT2D eigenvalue weighted by atomic mass is 16.8. The summed E-state index contributed by atoms with van der Waals surface area (Å²) in [5.74, 6) is -1.10. The summed E-state index contributed by atoms with van der Waals surface area (Å²) in [4.78, 5) is 11.4. The molecule has 0 amide bonds. The van der Waals surface area contributed by atoms with Gasteiger partial charge in [0.05, 0.1) is 5.57 Å². The van der Waals surface area contributed by atoms with Crippen molar-refractivity contribution in [3.63, 3.8) is 0 Å². The third-order valence-electron chi connectivity index (χ3n) is 2.81. The average molecular weight is 271 g/mol. The number of aliphatic carboxylic acids is 1. The molecule has 0 spiro atoms. The number of nitrogens with one attached hydrogen (secondary N) is 1. The van der Waals surface area contributed by atoms with Crippen LogP contribution in [0.2, 0.25) is 0 Å². The number of para-hydroxylation sites is 1. The summed E-state index contributed by atoms with van der Waals surface area (Å²) in [6, 6.07) is 14.9. The van der Waals surface area contributed by atoms with Crippen LogP contribution in [0.15, 0.2) is 54.6 Å². The van der Waals surface area contributed by atoms with Gasteiger partial charge in [0.15, 0.2) is 5.69 Å². The van der Waals surface area contributed by atoms with Crippen LogP contribution in [0.4, 0.5) is 5.69 Å². The first kappa shape index (κ1) is 14.0. The number of benzene rings is 2. The Labute approximate surface area is 115 Å². The molecule has 5 heteroatoms. The highest BCUT2D eigenvalue weighted by molar-refractivity contribution is 6.20. The van der Waals surface area contributed by atoms with Crippen molar-refractivity contribution >= 4 is 23.3 Å². The normalized spacial score (nSPS) is 13.0. The van der Waals surface area contributed by atoms with E-state index in [4.69, 9.17) is 5.21 Å². The molecule has 2 aromatic rings. The van der Waals surface area contributed by atoms with Crippen LogP contribution < -0.4 is 5.23 Å². The van der Waals surface area contributed by atoms with Crippen LogP contribution in [-0.4, -0.2) is 16.3 Å². The molecule has 102 valence electrons. The summed E-state index contributed by atoms with van der Waals surface area (Å²) in [7, 11) is 0. The molecular weight excluding hydrogens is 258 g/mol. The minimum Gasteiger partial charge on any atom is -0.595 e. The van der Waals surface area contributed by atoms with Gasteiger partial charge < -0.3 is 10.3 Å². The van der Waals surface area contributed by atoms with Crippen LogP contribution in [0, 0.1) is 5.21 Å². The number of hydrogen-bond acceptors (Lipinski definition) is 3. The van der Waals surface area contributed by atoms with E-state index >= 15 is 0 Å². The van der Waals surface area contributed by atoms with E-state index in [1.807, 2.05) is 0 Å². The average Bonchev–Trinajstić information content (AvgIpc) is 2.45.